The maximum absolute atomic E-state index is 12.4. The van der Waals surface area contributed by atoms with Gasteiger partial charge in [0.05, 0.1) is 11.3 Å². The Labute approximate surface area is 155 Å². The van der Waals surface area contributed by atoms with E-state index in [4.69, 9.17) is 4.74 Å². The normalized spacial score (nSPS) is 22.0. The summed E-state index contributed by atoms with van der Waals surface area (Å²) < 4.78 is 31.8. The van der Waals surface area contributed by atoms with Crippen LogP contribution in [0.2, 0.25) is 0 Å². The van der Waals surface area contributed by atoms with Crippen molar-refractivity contribution >= 4 is 21.7 Å². The number of benzene rings is 1. The molecule has 2 aliphatic rings. The number of rotatable bonds is 5. The van der Waals surface area contributed by atoms with Gasteiger partial charge >= 0.3 is 6.03 Å². The zero-order valence-corrected chi connectivity index (χ0v) is 16.1. The first-order valence-corrected chi connectivity index (χ1v) is 10.5. The first-order chi connectivity index (χ1) is 12.3. The molecule has 0 bridgehead atoms. The zero-order valence-electron chi connectivity index (χ0n) is 15.3. The minimum absolute atomic E-state index is 0.0491. The summed E-state index contributed by atoms with van der Waals surface area (Å²) in [5.74, 6) is 0.399. The van der Waals surface area contributed by atoms with Crippen molar-refractivity contribution in [1.29, 1.82) is 0 Å². The van der Waals surface area contributed by atoms with Crippen LogP contribution in [-0.4, -0.2) is 51.6 Å². The summed E-state index contributed by atoms with van der Waals surface area (Å²) in [6.07, 6.45) is 5.38. The average Bonchev–Trinajstić information content (AvgIpc) is 2.59. The Bertz CT molecular complexity index is 759. The number of ether oxygens (including phenoxy) is 1. The van der Waals surface area contributed by atoms with E-state index in [-0.39, 0.29) is 22.2 Å². The van der Waals surface area contributed by atoms with E-state index in [1.807, 2.05) is 0 Å². The molecular weight excluding hydrogens is 354 g/mol. The Kier molecular flexibility index (Phi) is 5.55. The zero-order chi connectivity index (χ0) is 18.8. The lowest BCUT2D eigenvalue weighted by Crippen LogP contribution is -2.48. The molecule has 1 aromatic rings. The molecule has 1 unspecified atom stereocenters. The van der Waals surface area contributed by atoms with Gasteiger partial charge in [-0.2, -0.15) is 0 Å². The Hall–Kier alpha value is -1.64. The maximum Gasteiger partial charge on any atom is 0.319 e. The molecule has 1 aliphatic heterocycles. The monoisotopic (exact) mass is 381 g/mol. The summed E-state index contributed by atoms with van der Waals surface area (Å²) in [5, 5.41) is 5.55. The van der Waals surface area contributed by atoms with Crippen LogP contribution in [0.3, 0.4) is 0 Å². The van der Waals surface area contributed by atoms with Gasteiger partial charge in [0.25, 0.3) is 0 Å². The molecule has 8 heteroatoms. The molecule has 1 atom stereocenters. The van der Waals surface area contributed by atoms with Crippen LogP contribution < -0.4 is 10.6 Å². The van der Waals surface area contributed by atoms with Gasteiger partial charge in [-0.3, -0.25) is 0 Å². The molecule has 144 valence electrons. The number of urea groups is 1. The SMILES string of the molecule is CN(C)S(=O)(=O)c1ccccc1NC(=O)NCC1CCOC2(CCC2)C1. The van der Waals surface area contributed by atoms with Crippen molar-refractivity contribution in [3.8, 4) is 0 Å². The predicted molar refractivity (Wildman–Crippen MR) is 99.6 cm³/mol. The van der Waals surface area contributed by atoms with Crippen molar-refractivity contribution in [1.82, 2.24) is 9.62 Å². The fourth-order valence-electron chi connectivity index (χ4n) is 3.62. The minimum atomic E-state index is -3.63. The molecule has 1 saturated heterocycles. The van der Waals surface area contributed by atoms with Crippen LogP contribution in [-0.2, 0) is 14.8 Å². The van der Waals surface area contributed by atoms with E-state index >= 15 is 0 Å². The van der Waals surface area contributed by atoms with Crippen molar-refractivity contribution in [3.05, 3.63) is 24.3 Å². The fourth-order valence-corrected chi connectivity index (χ4v) is 4.66. The van der Waals surface area contributed by atoms with Gasteiger partial charge in [0.1, 0.15) is 4.90 Å². The number of carbonyl (C=O) groups is 1. The number of hydrogen-bond donors (Lipinski definition) is 2. The minimum Gasteiger partial charge on any atom is -0.375 e. The van der Waals surface area contributed by atoms with Gasteiger partial charge in [0.2, 0.25) is 10.0 Å². The first kappa shape index (κ1) is 19.1. The van der Waals surface area contributed by atoms with Crippen LogP contribution in [0.15, 0.2) is 29.2 Å². The van der Waals surface area contributed by atoms with Gasteiger partial charge in [-0.15, -0.1) is 0 Å². The van der Waals surface area contributed by atoms with Crippen molar-refractivity contribution in [2.24, 2.45) is 5.92 Å². The summed E-state index contributed by atoms with van der Waals surface area (Å²) in [6, 6.07) is 6.03. The average molecular weight is 381 g/mol. The molecule has 1 heterocycles. The molecule has 1 saturated carbocycles. The van der Waals surface area contributed by atoms with Crippen LogP contribution >= 0.6 is 0 Å². The second kappa shape index (κ2) is 7.54. The topological polar surface area (TPSA) is 87.7 Å². The smallest absolute Gasteiger partial charge is 0.319 e. The molecule has 1 aromatic carbocycles. The van der Waals surface area contributed by atoms with Gasteiger partial charge in [0, 0.05) is 27.2 Å². The van der Waals surface area contributed by atoms with Crippen LogP contribution in [0.25, 0.3) is 0 Å². The van der Waals surface area contributed by atoms with Crippen LogP contribution in [0.1, 0.15) is 32.1 Å². The van der Waals surface area contributed by atoms with Crippen molar-refractivity contribution in [2.75, 3.05) is 32.6 Å². The molecule has 2 amide bonds. The summed E-state index contributed by atoms with van der Waals surface area (Å²) in [5.41, 5.74) is 0.328. The molecule has 3 rings (SSSR count). The van der Waals surface area contributed by atoms with Gasteiger partial charge in [-0.1, -0.05) is 12.1 Å². The molecule has 2 fully saturated rings. The highest BCUT2D eigenvalue weighted by atomic mass is 32.2. The third-order valence-corrected chi connectivity index (χ3v) is 7.18. The molecule has 26 heavy (non-hydrogen) atoms. The van der Waals surface area contributed by atoms with Gasteiger partial charge < -0.3 is 15.4 Å². The van der Waals surface area contributed by atoms with Crippen LogP contribution in [0.5, 0.6) is 0 Å². The second-order valence-electron chi connectivity index (χ2n) is 7.36. The molecular formula is C18H27N3O4S. The largest absolute Gasteiger partial charge is 0.375 e. The number of nitrogens with zero attached hydrogens (tertiary/aromatic N) is 1. The molecule has 1 aliphatic carbocycles. The third-order valence-electron chi connectivity index (χ3n) is 5.30. The lowest BCUT2D eigenvalue weighted by molar-refractivity contribution is -0.142. The van der Waals surface area contributed by atoms with E-state index in [1.165, 1.54) is 26.6 Å². The van der Waals surface area contributed by atoms with Crippen molar-refractivity contribution in [3.63, 3.8) is 0 Å². The van der Waals surface area contributed by atoms with Gasteiger partial charge in [0.15, 0.2) is 0 Å². The lowest BCUT2D eigenvalue weighted by atomic mass is 9.72. The fraction of sp³-hybridized carbons (Fsp3) is 0.611. The second-order valence-corrected chi connectivity index (χ2v) is 9.48. The highest BCUT2D eigenvalue weighted by Crippen LogP contribution is 2.44. The Morgan fingerprint density at radius 2 is 2.04 bits per heavy atom. The molecule has 2 N–H and O–H groups in total. The number of amides is 2. The number of nitrogens with one attached hydrogen (secondary N) is 2. The maximum atomic E-state index is 12.4. The van der Waals surface area contributed by atoms with Crippen LogP contribution in [0, 0.1) is 5.92 Å². The number of hydrogen-bond acceptors (Lipinski definition) is 4. The van der Waals surface area contributed by atoms with Crippen LogP contribution in [0.4, 0.5) is 10.5 Å². The summed E-state index contributed by atoms with van der Waals surface area (Å²) in [6.45, 7) is 1.32. The Morgan fingerprint density at radius 3 is 2.69 bits per heavy atom. The number of sulfonamides is 1. The molecule has 0 radical (unpaired) electrons. The van der Waals surface area contributed by atoms with Gasteiger partial charge in [-0.25, -0.2) is 17.5 Å². The quantitative estimate of drug-likeness (QED) is 0.820. The lowest BCUT2D eigenvalue weighted by Gasteiger charge is -2.47. The van der Waals surface area contributed by atoms with E-state index < -0.39 is 10.0 Å². The first-order valence-electron chi connectivity index (χ1n) is 9.03. The van der Waals surface area contributed by atoms with E-state index in [9.17, 15) is 13.2 Å². The highest BCUT2D eigenvalue weighted by Gasteiger charge is 2.42. The Morgan fingerprint density at radius 1 is 1.31 bits per heavy atom. The van der Waals surface area contributed by atoms with Crippen molar-refractivity contribution in [2.45, 2.75) is 42.6 Å². The number of carbonyl (C=O) groups excluding carboxylic acids is 1. The standard InChI is InChI=1S/C18H27N3O4S/c1-21(2)26(23,24)16-7-4-3-6-15(16)20-17(22)19-13-14-8-11-25-18(12-14)9-5-10-18/h3-4,6-7,14H,5,8-13H2,1-2H3,(H2,19,20,22). The van der Waals surface area contributed by atoms with Gasteiger partial charge in [-0.05, 0) is 50.2 Å². The molecule has 1 spiro atoms. The van der Waals surface area contributed by atoms with E-state index in [1.54, 1.807) is 18.2 Å². The third kappa shape index (κ3) is 4.02. The van der Waals surface area contributed by atoms with E-state index in [2.05, 4.69) is 10.6 Å². The summed E-state index contributed by atoms with van der Waals surface area (Å²) >= 11 is 0. The number of anilines is 1. The summed E-state index contributed by atoms with van der Waals surface area (Å²) in [7, 11) is -0.694. The number of para-hydroxylation sites is 1. The molecule has 7 nitrogen and oxygen atoms in total. The predicted octanol–water partition coefficient (Wildman–Crippen LogP) is 2.41. The molecule has 0 aromatic heterocycles. The Balaban J connectivity index is 1.59. The van der Waals surface area contributed by atoms with Crippen molar-refractivity contribution < 1.29 is 17.9 Å². The van der Waals surface area contributed by atoms with E-state index in [0.717, 1.165) is 36.6 Å². The summed E-state index contributed by atoms with van der Waals surface area (Å²) in [4.78, 5) is 12.4. The highest BCUT2D eigenvalue weighted by molar-refractivity contribution is 7.89. The van der Waals surface area contributed by atoms with E-state index in [0.29, 0.717) is 12.5 Å².